The molecule has 0 atom stereocenters. The maximum atomic E-state index is 11.7. The summed E-state index contributed by atoms with van der Waals surface area (Å²) in [7, 11) is 0. The fourth-order valence-electron chi connectivity index (χ4n) is 2.49. The van der Waals surface area contributed by atoms with Gasteiger partial charge in [0.05, 0.1) is 5.69 Å². The normalized spacial score (nSPS) is 13.8. The molecule has 0 radical (unpaired) electrons. The smallest absolute Gasteiger partial charge is 0.227 e. The van der Waals surface area contributed by atoms with Gasteiger partial charge in [0.2, 0.25) is 5.91 Å². The number of benzene rings is 2. The highest BCUT2D eigenvalue weighted by molar-refractivity contribution is 5.95. The van der Waals surface area contributed by atoms with Crippen molar-refractivity contribution in [3.63, 3.8) is 0 Å². The van der Waals surface area contributed by atoms with Gasteiger partial charge in [0.15, 0.2) is 0 Å². The SMILES string of the molecule is Cl.Nc1cc(N2CCCC2=O)ccc1OCc1ccccc1. The van der Waals surface area contributed by atoms with E-state index in [1.165, 1.54) is 0 Å². The zero-order chi connectivity index (χ0) is 14.7. The molecule has 22 heavy (non-hydrogen) atoms. The van der Waals surface area contributed by atoms with Crippen molar-refractivity contribution in [1.82, 2.24) is 0 Å². The zero-order valence-electron chi connectivity index (χ0n) is 12.2. The van der Waals surface area contributed by atoms with Crippen molar-refractivity contribution in [3.8, 4) is 5.75 Å². The molecule has 0 aliphatic carbocycles. The predicted molar refractivity (Wildman–Crippen MR) is 90.5 cm³/mol. The summed E-state index contributed by atoms with van der Waals surface area (Å²) in [6, 6.07) is 15.5. The quantitative estimate of drug-likeness (QED) is 0.879. The van der Waals surface area contributed by atoms with Crippen molar-refractivity contribution in [2.24, 2.45) is 0 Å². The third-order valence-electron chi connectivity index (χ3n) is 3.62. The van der Waals surface area contributed by atoms with Gasteiger partial charge in [0, 0.05) is 18.7 Å². The number of hydrogen-bond acceptors (Lipinski definition) is 3. The van der Waals surface area contributed by atoms with Crippen LogP contribution in [0.5, 0.6) is 5.75 Å². The van der Waals surface area contributed by atoms with E-state index in [0.717, 1.165) is 24.2 Å². The Morgan fingerprint density at radius 2 is 1.91 bits per heavy atom. The summed E-state index contributed by atoms with van der Waals surface area (Å²) >= 11 is 0. The lowest BCUT2D eigenvalue weighted by Gasteiger charge is -2.17. The van der Waals surface area contributed by atoms with Crippen molar-refractivity contribution in [3.05, 3.63) is 54.1 Å². The minimum absolute atomic E-state index is 0. The highest BCUT2D eigenvalue weighted by Gasteiger charge is 2.22. The Bertz CT molecular complexity index is 646. The van der Waals surface area contributed by atoms with E-state index < -0.39 is 0 Å². The molecule has 3 rings (SSSR count). The van der Waals surface area contributed by atoms with E-state index in [2.05, 4.69) is 0 Å². The van der Waals surface area contributed by atoms with Crippen LogP contribution in [0.15, 0.2) is 48.5 Å². The van der Waals surface area contributed by atoms with Crippen LogP contribution >= 0.6 is 12.4 Å². The molecule has 0 bridgehead atoms. The Kier molecular flexibility index (Phi) is 5.28. The van der Waals surface area contributed by atoms with Gasteiger partial charge in [-0.1, -0.05) is 30.3 Å². The summed E-state index contributed by atoms with van der Waals surface area (Å²) in [4.78, 5) is 13.5. The number of ether oxygens (including phenoxy) is 1. The molecule has 1 aliphatic rings. The Labute approximate surface area is 136 Å². The summed E-state index contributed by atoms with van der Waals surface area (Å²) in [6.07, 6.45) is 1.52. The number of carbonyl (C=O) groups is 1. The second kappa shape index (κ2) is 7.18. The minimum Gasteiger partial charge on any atom is -0.487 e. The van der Waals surface area contributed by atoms with Crippen molar-refractivity contribution in [1.29, 1.82) is 0 Å². The van der Waals surface area contributed by atoms with Gasteiger partial charge in [-0.3, -0.25) is 4.79 Å². The molecule has 1 saturated heterocycles. The largest absolute Gasteiger partial charge is 0.487 e. The summed E-state index contributed by atoms with van der Waals surface area (Å²) in [5.41, 5.74) is 8.54. The molecule has 2 aromatic carbocycles. The number of carbonyl (C=O) groups excluding carboxylic acids is 1. The second-order valence-electron chi connectivity index (χ2n) is 5.15. The summed E-state index contributed by atoms with van der Waals surface area (Å²) in [5.74, 6) is 0.807. The molecule has 5 heteroatoms. The molecule has 1 heterocycles. The van der Waals surface area contributed by atoms with E-state index in [4.69, 9.17) is 10.5 Å². The summed E-state index contributed by atoms with van der Waals surface area (Å²) in [6.45, 7) is 1.25. The maximum absolute atomic E-state index is 11.7. The molecule has 1 fully saturated rings. The molecular weight excluding hydrogens is 300 g/mol. The zero-order valence-corrected chi connectivity index (χ0v) is 13.0. The number of rotatable bonds is 4. The van der Waals surface area contributed by atoms with Crippen LogP contribution in [0.4, 0.5) is 11.4 Å². The third-order valence-corrected chi connectivity index (χ3v) is 3.62. The first kappa shape index (κ1) is 16.2. The standard InChI is InChI=1S/C17H18N2O2.ClH/c18-15-11-14(19-10-4-7-17(19)20)8-9-16(15)21-12-13-5-2-1-3-6-13;/h1-3,5-6,8-9,11H,4,7,10,12,18H2;1H. The number of nitrogen functional groups attached to an aromatic ring is 1. The van der Waals surface area contributed by atoms with Gasteiger partial charge in [-0.05, 0) is 30.2 Å². The lowest BCUT2D eigenvalue weighted by atomic mass is 10.2. The van der Waals surface area contributed by atoms with Gasteiger partial charge in [-0.2, -0.15) is 0 Å². The van der Waals surface area contributed by atoms with Gasteiger partial charge in [0.1, 0.15) is 12.4 Å². The van der Waals surface area contributed by atoms with Crippen molar-refractivity contribution < 1.29 is 9.53 Å². The first-order chi connectivity index (χ1) is 10.2. The van der Waals surface area contributed by atoms with Crippen LogP contribution in [0, 0.1) is 0 Å². The molecule has 0 spiro atoms. The topological polar surface area (TPSA) is 55.6 Å². The average Bonchev–Trinajstić information content (AvgIpc) is 2.93. The number of halogens is 1. The van der Waals surface area contributed by atoms with Crippen molar-refractivity contribution >= 4 is 29.7 Å². The first-order valence-electron chi connectivity index (χ1n) is 7.10. The van der Waals surface area contributed by atoms with E-state index in [1.807, 2.05) is 48.5 Å². The van der Waals surface area contributed by atoms with Crippen molar-refractivity contribution in [2.75, 3.05) is 17.2 Å². The lowest BCUT2D eigenvalue weighted by Crippen LogP contribution is -2.23. The summed E-state index contributed by atoms with van der Waals surface area (Å²) < 4.78 is 5.74. The van der Waals surface area contributed by atoms with Crippen LogP contribution in [-0.4, -0.2) is 12.5 Å². The van der Waals surface area contributed by atoms with Gasteiger partial charge in [0.25, 0.3) is 0 Å². The Morgan fingerprint density at radius 3 is 2.55 bits per heavy atom. The monoisotopic (exact) mass is 318 g/mol. The molecule has 2 N–H and O–H groups in total. The molecule has 0 unspecified atom stereocenters. The molecule has 1 amide bonds. The van der Waals surface area contributed by atoms with E-state index in [9.17, 15) is 4.79 Å². The minimum atomic E-state index is 0. The molecule has 4 nitrogen and oxygen atoms in total. The Balaban J connectivity index is 0.00000176. The number of anilines is 2. The van der Waals surface area contributed by atoms with E-state index >= 15 is 0 Å². The maximum Gasteiger partial charge on any atom is 0.227 e. The van der Waals surface area contributed by atoms with E-state index in [1.54, 1.807) is 4.90 Å². The van der Waals surface area contributed by atoms with Crippen LogP contribution in [0.2, 0.25) is 0 Å². The fraction of sp³-hybridized carbons (Fsp3) is 0.235. The van der Waals surface area contributed by atoms with Crippen molar-refractivity contribution in [2.45, 2.75) is 19.4 Å². The molecule has 1 aliphatic heterocycles. The lowest BCUT2D eigenvalue weighted by molar-refractivity contribution is -0.117. The van der Waals surface area contributed by atoms with Crippen LogP contribution in [-0.2, 0) is 11.4 Å². The van der Waals surface area contributed by atoms with Gasteiger partial charge >= 0.3 is 0 Å². The first-order valence-corrected chi connectivity index (χ1v) is 7.10. The molecule has 0 aromatic heterocycles. The van der Waals surface area contributed by atoms with Gasteiger partial charge in [-0.15, -0.1) is 12.4 Å². The molecular formula is C17H19ClN2O2. The molecule has 2 aromatic rings. The second-order valence-corrected chi connectivity index (χ2v) is 5.15. The molecule has 116 valence electrons. The number of nitrogens with two attached hydrogens (primary N) is 1. The van der Waals surface area contributed by atoms with Crippen LogP contribution in [0.25, 0.3) is 0 Å². The molecule has 0 saturated carbocycles. The van der Waals surface area contributed by atoms with Gasteiger partial charge in [-0.25, -0.2) is 0 Å². The summed E-state index contributed by atoms with van der Waals surface area (Å²) in [5, 5.41) is 0. The number of nitrogens with zero attached hydrogens (tertiary/aromatic N) is 1. The van der Waals surface area contributed by atoms with E-state index in [0.29, 0.717) is 24.5 Å². The highest BCUT2D eigenvalue weighted by atomic mass is 35.5. The van der Waals surface area contributed by atoms with Gasteiger partial charge < -0.3 is 15.4 Å². The highest BCUT2D eigenvalue weighted by Crippen LogP contribution is 2.30. The number of amides is 1. The van der Waals surface area contributed by atoms with Crippen LogP contribution in [0.3, 0.4) is 0 Å². The average molecular weight is 319 g/mol. The fourth-order valence-corrected chi connectivity index (χ4v) is 2.49. The number of hydrogen-bond donors (Lipinski definition) is 1. The van der Waals surface area contributed by atoms with Crippen LogP contribution in [0.1, 0.15) is 18.4 Å². The van der Waals surface area contributed by atoms with Crippen LogP contribution < -0.4 is 15.4 Å². The van der Waals surface area contributed by atoms with E-state index in [-0.39, 0.29) is 18.3 Å². The predicted octanol–water partition coefficient (Wildman–Crippen LogP) is 3.40. The Morgan fingerprint density at radius 1 is 1.14 bits per heavy atom. The Hall–Kier alpha value is -2.20. The third kappa shape index (κ3) is 3.52.